The summed E-state index contributed by atoms with van der Waals surface area (Å²) in [5.74, 6) is -0.516. The Morgan fingerprint density at radius 2 is 0.804 bits per heavy atom. The molecule has 0 saturated heterocycles. The molecule has 8 aromatic carbocycles. The molecule has 0 aliphatic carbocycles. The molecule has 0 saturated carbocycles. The lowest BCUT2D eigenvalue weighted by Gasteiger charge is -2.29. The van der Waals surface area contributed by atoms with Gasteiger partial charge in [-0.1, -0.05) is 198 Å². The zero-order valence-electron chi connectivity index (χ0n) is 54.8. The first-order valence-corrected chi connectivity index (χ1v) is 34.8. The van der Waals surface area contributed by atoms with Gasteiger partial charge in [0.25, 0.3) is 0 Å². The lowest BCUT2D eigenvalue weighted by molar-refractivity contribution is 0.205. The lowest BCUT2D eigenvalue weighted by atomic mass is 9.95. The summed E-state index contributed by atoms with van der Waals surface area (Å²) in [6, 6.07) is 62.8. The molecule has 19 nitrogen and oxygen atoms in total. The SMILES string of the molecule is O=C(Nc1cc(Cl)ccc1Cl)N1CCc2[nH]nc(-c3ccccc3)c2C1.O=C(Nc1ccc(F)c(Cl)c1)N1CCc2[nH]nc(-c3ccccc3)c2C1.O=C(Nc1cccc(Cl)c1)N1CCc2[nH]nc(-c3ccccc3)c2C1.O=C(Nc1ccccc1Cl)N1CCC2=C(C1)C(c1ccccc1)=NC2. The largest absolute Gasteiger partial charge is 0.322 e. The Morgan fingerprint density at radius 3 is 1.29 bits per heavy atom. The maximum absolute atomic E-state index is 13.3. The molecular weight excluding hydrogens is 1400 g/mol. The van der Waals surface area contributed by atoms with E-state index in [2.05, 4.69) is 64.0 Å². The summed E-state index contributed by atoms with van der Waals surface area (Å²) in [6.07, 6.45) is 3.06. The van der Waals surface area contributed by atoms with Crippen LogP contribution in [0.3, 0.4) is 0 Å². The summed E-state index contributed by atoms with van der Waals surface area (Å²) in [5.41, 5.74) is 19.1. The van der Waals surface area contributed by atoms with E-state index in [1.165, 1.54) is 29.3 Å². The van der Waals surface area contributed by atoms with Gasteiger partial charge in [0, 0.05) is 129 Å². The number of aromatic nitrogens is 6. The normalized spacial score (nSPS) is 14.2. The number of nitrogens with zero attached hydrogens (tertiary/aromatic N) is 8. The number of carbonyl (C=O) groups is 4. The third kappa shape index (κ3) is 16.7. The van der Waals surface area contributed by atoms with Crippen LogP contribution in [0.4, 0.5) is 46.3 Å². The van der Waals surface area contributed by atoms with Crippen LogP contribution in [0.25, 0.3) is 33.8 Å². The number of rotatable bonds is 8. The summed E-state index contributed by atoms with van der Waals surface area (Å²) in [4.78, 5) is 62.3. The standard InChI is InChI=1S/C20H18ClN3O.C19H16Cl2N4O.C19H16ClFN4O.C19H17ClN4O/c21-17-8-4-5-9-18(17)23-20(25)24-11-10-15-12-22-19(16(15)13-24)14-6-2-1-3-7-14;20-13-6-7-15(21)17(10-13)22-19(26)25-9-8-16-14(11-25)18(24-23-16)12-4-2-1-3-5-12;20-15-10-13(6-7-16(15)21)22-19(26)25-9-8-17-14(11-25)18(24-23-17)12-4-2-1-3-5-12;20-14-7-4-8-15(11-14)21-19(25)24-10-9-17-16(12-24)18(23-22-17)13-5-2-1-3-6-13/h1-9H,10-13H2,(H,23,25);2*1-7,10H,8-9,11H2,(H,22,26)(H,23,24);1-8,11H,9-10,12H2,(H,21,25)(H,22,23). The summed E-state index contributed by atoms with van der Waals surface area (Å²) in [5, 5.41) is 36.1. The van der Waals surface area contributed by atoms with Crippen LogP contribution in [0, 0.1) is 5.82 Å². The van der Waals surface area contributed by atoms with E-state index in [-0.39, 0.29) is 29.1 Å². The summed E-state index contributed by atoms with van der Waals surface area (Å²) < 4.78 is 13.3. The van der Waals surface area contributed by atoms with Crippen molar-refractivity contribution in [2.24, 2.45) is 4.99 Å². The molecule has 0 unspecified atom stereocenters. The summed E-state index contributed by atoms with van der Waals surface area (Å²) in [7, 11) is 0. The van der Waals surface area contributed by atoms with E-state index in [9.17, 15) is 23.6 Å². The van der Waals surface area contributed by atoms with Crippen LogP contribution in [-0.4, -0.2) is 119 Å². The number of aromatic amines is 3. The van der Waals surface area contributed by atoms with Gasteiger partial charge in [-0.25, -0.2) is 23.6 Å². The van der Waals surface area contributed by atoms with E-state index >= 15 is 0 Å². The van der Waals surface area contributed by atoms with E-state index in [0.29, 0.717) is 102 Å². The van der Waals surface area contributed by atoms with Crippen molar-refractivity contribution < 1.29 is 23.6 Å². The van der Waals surface area contributed by atoms with Gasteiger partial charge in [0.15, 0.2) is 0 Å². The van der Waals surface area contributed by atoms with Crippen molar-refractivity contribution in [2.75, 3.05) is 60.5 Å². The van der Waals surface area contributed by atoms with Crippen molar-refractivity contribution in [1.29, 1.82) is 0 Å². The molecule has 0 spiro atoms. The second-order valence-corrected chi connectivity index (χ2v) is 26.5. The number of amides is 8. The minimum absolute atomic E-state index is 0.0232. The highest BCUT2D eigenvalue weighted by Crippen LogP contribution is 2.35. The maximum atomic E-state index is 13.3. The number of hydrogen-bond acceptors (Lipinski definition) is 8. The number of nitrogens with one attached hydrogen (secondary N) is 7. The highest BCUT2D eigenvalue weighted by Gasteiger charge is 2.32. The Morgan fingerprint density at radius 1 is 0.382 bits per heavy atom. The van der Waals surface area contributed by atoms with E-state index in [1.54, 1.807) is 57.2 Å². The fourth-order valence-corrected chi connectivity index (χ4v) is 13.4. The molecule has 8 heterocycles. The average Bonchev–Trinajstić information content (AvgIpc) is 1.65. The first-order valence-electron chi connectivity index (χ1n) is 33.0. The number of halogens is 6. The van der Waals surface area contributed by atoms with Gasteiger partial charge in [-0.15, -0.1) is 0 Å². The Balaban J connectivity index is 0.000000121. The Kier molecular flexibility index (Phi) is 22.1. The zero-order valence-corrected chi connectivity index (χ0v) is 58.6. The van der Waals surface area contributed by atoms with Crippen molar-refractivity contribution in [3.8, 4) is 33.8 Å². The van der Waals surface area contributed by atoms with E-state index < -0.39 is 5.82 Å². The highest BCUT2D eigenvalue weighted by atomic mass is 35.5. The minimum atomic E-state index is -0.516. The van der Waals surface area contributed by atoms with Gasteiger partial charge < -0.3 is 40.9 Å². The van der Waals surface area contributed by atoms with Crippen LogP contribution in [0.2, 0.25) is 25.1 Å². The predicted molar refractivity (Wildman–Crippen MR) is 402 cm³/mol. The zero-order chi connectivity index (χ0) is 70.6. The van der Waals surface area contributed by atoms with Crippen molar-refractivity contribution in [3.05, 3.63) is 288 Å². The van der Waals surface area contributed by atoms with Crippen molar-refractivity contribution in [1.82, 2.24) is 50.2 Å². The van der Waals surface area contributed by atoms with Gasteiger partial charge in [-0.3, -0.25) is 20.3 Å². The van der Waals surface area contributed by atoms with Crippen LogP contribution in [0.1, 0.15) is 45.8 Å². The fourth-order valence-electron chi connectivity index (χ4n) is 12.5. The molecule has 5 aliphatic rings. The third-order valence-corrected chi connectivity index (χ3v) is 19.3. The number of hydrogen-bond donors (Lipinski definition) is 7. The number of para-hydroxylation sites is 1. The molecule has 102 heavy (non-hydrogen) atoms. The minimum Gasteiger partial charge on any atom is -0.320 e. The van der Waals surface area contributed by atoms with Crippen molar-refractivity contribution in [2.45, 2.75) is 45.3 Å². The monoisotopic (exact) mass is 1460 g/mol. The van der Waals surface area contributed by atoms with Gasteiger partial charge in [0.1, 0.15) is 5.82 Å². The number of urea groups is 4. The molecule has 25 heteroatoms. The molecular formula is C77H67Cl5FN15O4. The van der Waals surface area contributed by atoms with E-state index in [1.807, 2.05) is 138 Å². The number of H-pyrrole nitrogens is 3. The second-order valence-electron chi connectivity index (χ2n) is 24.4. The molecule has 3 aromatic heterocycles. The Labute approximate surface area is 612 Å². The lowest BCUT2D eigenvalue weighted by Crippen LogP contribution is -2.40. The molecule has 5 aliphatic heterocycles. The average molecular weight is 1460 g/mol. The number of fused-ring (bicyclic) bond motifs is 3. The van der Waals surface area contributed by atoms with Crippen LogP contribution in [0.15, 0.2) is 222 Å². The number of benzene rings is 8. The molecule has 7 N–H and O–H groups in total. The van der Waals surface area contributed by atoms with Crippen LogP contribution >= 0.6 is 58.0 Å². The summed E-state index contributed by atoms with van der Waals surface area (Å²) >= 11 is 30.0. The van der Waals surface area contributed by atoms with E-state index in [0.717, 1.165) is 105 Å². The van der Waals surface area contributed by atoms with Gasteiger partial charge >= 0.3 is 24.1 Å². The molecule has 8 amide bonds. The quantitative estimate of drug-likeness (QED) is 0.0778. The molecule has 0 fully saturated rings. The number of carbonyl (C=O) groups excluding carboxylic acids is 4. The molecule has 16 rings (SSSR count). The third-order valence-electron chi connectivity index (χ3n) is 17.8. The van der Waals surface area contributed by atoms with Gasteiger partial charge in [-0.05, 0) is 84.3 Å². The molecule has 11 aromatic rings. The maximum Gasteiger partial charge on any atom is 0.322 e. The van der Waals surface area contributed by atoms with Crippen molar-refractivity contribution in [3.63, 3.8) is 0 Å². The van der Waals surface area contributed by atoms with Crippen LogP contribution < -0.4 is 21.3 Å². The smallest absolute Gasteiger partial charge is 0.320 e. The second kappa shape index (κ2) is 32.3. The Hall–Kier alpha value is -10.7. The molecule has 0 bridgehead atoms. The predicted octanol–water partition coefficient (Wildman–Crippen LogP) is 18.1. The van der Waals surface area contributed by atoms with Gasteiger partial charge in [0.2, 0.25) is 0 Å². The molecule has 0 radical (unpaired) electrons. The van der Waals surface area contributed by atoms with Crippen molar-refractivity contribution >= 4 is 111 Å². The number of anilines is 4. The van der Waals surface area contributed by atoms with Gasteiger partial charge in [-0.2, -0.15) is 15.3 Å². The molecule has 0 atom stereocenters. The highest BCUT2D eigenvalue weighted by molar-refractivity contribution is 6.36. The molecule has 516 valence electrons. The van der Waals surface area contributed by atoms with Crippen LogP contribution in [0.5, 0.6) is 0 Å². The Bertz CT molecular complexity index is 4920. The first kappa shape index (κ1) is 69.7. The topological polar surface area (TPSA) is 228 Å². The van der Waals surface area contributed by atoms with Crippen LogP contribution in [-0.2, 0) is 38.9 Å². The fraction of sp³-hybridized carbons (Fsp3) is 0.169. The van der Waals surface area contributed by atoms with Gasteiger partial charge in [0.05, 0.1) is 75.4 Å². The number of aliphatic imine (C=N–C) groups is 1. The van der Waals surface area contributed by atoms with E-state index in [4.69, 9.17) is 63.0 Å². The first-order chi connectivity index (χ1) is 49.7. The summed E-state index contributed by atoms with van der Waals surface area (Å²) in [6.45, 7) is 5.33.